The SMILES string of the molecule is O=C(c1cc(=O)[nH]c(=O)[nH]1)N(CC1CCCN1)C1CC1. The van der Waals surface area contributed by atoms with Crippen molar-refractivity contribution in [1.82, 2.24) is 20.2 Å². The molecule has 20 heavy (non-hydrogen) atoms. The lowest BCUT2D eigenvalue weighted by molar-refractivity contribution is 0.0722. The molecule has 0 spiro atoms. The summed E-state index contributed by atoms with van der Waals surface area (Å²) in [6.45, 7) is 1.62. The topological polar surface area (TPSA) is 98.1 Å². The number of aromatic amines is 2. The molecule has 1 saturated heterocycles. The number of nitrogens with one attached hydrogen (secondary N) is 3. The highest BCUT2D eigenvalue weighted by Crippen LogP contribution is 2.28. The molecule has 1 aliphatic carbocycles. The minimum absolute atomic E-state index is 0.0728. The molecule has 0 aromatic carbocycles. The largest absolute Gasteiger partial charge is 0.333 e. The normalized spacial score (nSPS) is 21.9. The Morgan fingerprint density at radius 2 is 2.05 bits per heavy atom. The third-order valence-electron chi connectivity index (χ3n) is 3.82. The highest BCUT2D eigenvalue weighted by Gasteiger charge is 2.35. The van der Waals surface area contributed by atoms with Gasteiger partial charge >= 0.3 is 5.69 Å². The van der Waals surface area contributed by atoms with Gasteiger partial charge in [-0.05, 0) is 32.2 Å². The summed E-state index contributed by atoms with van der Waals surface area (Å²) < 4.78 is 0. The molecule has 2 heterocycles. The third-order valence-corrected chi connectivity index (χ3v) is 3.82. The van der Waals surface area contributed by atoms with E-state index in [9.17, 15) is 14.4 Å². The lowest BCUT2D eigenvalue weighted by atomic mass is 10.2. The maximum Gasteiger partial charge on any atom is 0.326 e. The zero-order chi connectivity index (χ0) is 14.1. The fourth-order valence-corrected chi connectivity index (χ4v) is 2.67. The fourth-order valence-electron chi connectivity index (χ4n) is 2.67. The number of aromatic nitrogens is 2. The summed E-state index contributed by atoms with van der Waals surface area (Å²) >= 11 is 0. The van der Waals surface area contributed by atoms with Gasteiger partial charge in [0.15, 0.2) is 0 Å². The Labute approximate surface area is 115 Å². The first kappa shape index (κ1) is 13.1. The maximum absolute atomic E-state index is 12.5. The van der Waals surface area contributed by atoms with Gasteiger partial charge < -0.3 is 15.2 Å². The van der Waals surface area contributed by atoms with Crippen molar-refractivity contribution in [3.8, 4) is 0 Å². The molecule has 7 heteroatoms. The Morgan fingerprint density at radius 1 is 1.25 bits per heavy atom. The third kappa shape index (κ3) is 2.82. The van der Waals surface area contributed by atoms with Crippen molar-refractivity contribution in [2.75, 3.05) is 13.1 Å². The van der Waals surface area contributed by atoms with Gasteiger partial charge in [-0.3, -0.25) is 14.6 Å². The van der Waals surface area contributed by atoms with E-state index in [0.717, 1.165) is 38.3 Å². The van der Waals surface area contributed by atoms with Crippen molar-refractivity contribution in [3.05, 3.63) is 32.6 Å². The second kappa shape index (κ2) is 5.24. The van der Waals surface area contributed by atoms with Crippen LogP contribution in [-0.2, 0) is 0 Å². The van der Waals surface area contributed by atoms with Crippen LogP contribution in [0.25, 0.3) is 0 Å². The van der Waals surface area contributed by atoms with Gasteiger partial charge in [-0.25, -0.2) is 4.79 Å². The first-order valence-electron chi connectivity index (χ1n) is 7.01. The van der Waals surface area contributed by atoms with Crippen LogP contribution < -0.4 is 16.6 Å². The van der Waals surface area contributed by atoms with E-state index in [1.165, 1.54) is 0 Å². The summed E-state index contributed by atoms with van der Waals surface area (Å²) in [4.78, 5) is 41.3. The van der Waals surface area contributed by atoms with Gasteiger partial charge in [0.05, 0.1) is 0 Å². The van der Waals surface area contributed by atoms with E-state index in [2.05, 4.69) is 15.3 Å². The van der Waals surface area contributed by atoms with E-state index in [1.54, 1.807) is 4.90 Å². The van der Waals surface area contributed by atoms with Crippen LogP contribution in [0.4, 0.5) is 0 Å². The Morgan fingerprint density at radius 3 is 2.65 bits per heavy atom. The van der Waals surface area contributed by atoms with E-state index in [-0.39, 0.29) is 17.6 Å². The second-order valence-corrected chi connectivity index (χ2v) is 5.48. The molecule has 1 unspecified atom stereocenters. The van der Waals surface area contributed by atoms with Crippen LogP contribution in [0.1, 0.15) is 36.2 Å². The molecule has 1 atom stereocenters. The number of H-pyrrole nitrogens is 2. The number of hydrogen-bond donors (Lipinski definition) is 3. The maximum atomic E-state index is 12.5. The smallest absolute Gasteiger partial charge is 0.326 e. The lowest BCUT2D eigenvalue weighted by Crippen LogP contribution is -2.43. The quantitative estimate of drug-likeness (QED) is 0.686. The first-order chi connectivity index (χ1) is 9.63. The molecule has 3 N–H and O–H groups in total. The van der Waals surface area contributed by atoms with Crippen LogP contribution in [0.5, 0.6) is 0 Å². The predicted octanol–water partition coefficient (Wildman–Crippen LogP) is -0.580. The van der Waals surface area contributed by atoms with Crippen LogP contribution in [0.15, 0.2) is 15.7 Å². The molecule has 2 aliphatic rings. The van der Waals surface area contributed by atoms with Gasteiger partial charge in [-0.1, -0.05) is 0 Å². The van der Waals surface area contributed by atoms with Crippen LogP contribution >= 0.6 is 0 Å². The molecule has 0 bridgehead atoms. The Balaban J connectivity index is 1.81. The average molecular weight is 278 g/mol. The minimum atomic E-state index is -0.643. The molecule has 1 aromatic rings. The van der Waals surface area contributed by atoms with Crippen molar-refractivity contribution in [2.45, 2.75) is 37.8 Å². The zero-order valence-corrected chi connectivity index (χ0v) is 11.1. The molecular weight excluding hydrogens is 260 g/mol. The van der Waals surface area contributed by atoms with Crippen LogP contribution in [-0.4, -0.2) is 45.9 Å². The van der Waals surface area contributed by atoms with Gasteiger partial charge in [-0.15, -0.1) is 0 Å². The van der Waals surface area contributed by atoms with Crippen LogP contribution in [0.3, 0.4) is 0 Å². The van der Waals surface area contributed by atoms with Crippen molar-refractivity contribution in [1.29, 1.82) is 0 Å². The summed E-state index contributed by atoms with van der Waals surface area (Å²) in [5.74, 6) is -0.260. The Kier molecular flexibility index (Phi) is 3.43. The van der Waals surface area contributed by atoms with Gasteiger partial charge in [0, 0.05) is 24.7 Å². The number of amides is 1. The summed E-state index contributed by atoms with van der Waals surface area (Å²) in [6, 6.07) is 1.71. The summed E-state index contributed by atoms with van der Waals surface area (Å²) in [5, 5.41) is 3.37. The number of rotatable bonds is 4. The second-order valence-electron chi connectivity index (χ2n) is 5.48. The average Bonchev–Trinajstić information content (AvgIpc) is 3.11. The summed E-state index contributed by atoms with van der Waals surface area (Å²) in [5.41, 5.74) is -1.12. The molecule has 3 rings (SSSR count). The standard InChI is InChI=1S/C13H18N4O3/c18-11-6-10(15-13(20)16-11)12(19)17(9-3-4-9)7-8-2-1-5-14-8/h6,8-9,14H,1-5,7H2,(H2,15,16,18,20). The lowest BCUT2D eigenvalue weighted by Gasteiger charge is -2.25. The molecule has 7 nitrogen and oxygen atoms in total. The van der Waals surface area contributed by atoms with Crippen molar-refractivity contribution < 1.29 is 4.79 Å². The monoisotopic (exact) mass is 278 g/mol. The van der Waals surface area contributed by atoms with E-state index in [4.69, 9.17) is 0 Å². The van der Waals surface area contributed by atoms with Crippen molar-refractivity contribution >= 4 is 5.91 Å². The first-order valence-corrected chi connectivity index (χ1v) is 7.01. The Hall–Kier alpha value is -1.89. The van der Waals surface area contributed by atoms with E-state index >= 15 is 0 Å². The zero-order valence-electron chi connectivity index (χ0n) is 11.1. The fraction of sp³-hybridized carbons (Fsp3) is 0.615. The van der Waals surface area contributed by atoms with Crippen LogP contribution in [0, 0.1) is 0 Å². The molecule has 108 valence electrons. The number of carbonyl (C=O) groups is 1. The van der Waals surface area contributed by atoms with Gasteiger partial charge in [0.1, 0.15) is 5.69 Å². The number of carbonyl (C=O) groups excluding carboxylic acids is 1. The Bertz CT molecular complexity index is 582. The molecule has 1 saturated carbocycles. The van der Waals surface area contributed by atoms with E-state index in [1.807, 2.05) is 0 Å². The highest BCUT2D eigenvalue weighted by atomic mass is 16.2. The van der Waals surface area contributed by atoms with Crippen molar-refractivity contribution in [2.24, 2.45) is 0 Å². The number of nitrogens with zero attached hydrogens (tertiary/aromatic N) is 1. The van der Waals surface area contributed by atoms with E-state index < -0.39 is 11.2 Å². The molecular formula is C13H18N4O3. The molecule has 1 aliphatic heterocycles. The number of hydrogen-bond acceptors (Lipinski definition) is 4. The minimum Gasteiger partial charge on any atom is -0.333 e. The molecule has 1 aromatic heterocycles. The summed E-state index contributed by atoms with van der Waals surface area (Å²) in [6.07, 6.45) is 4.17. The molecule has 1 amide bonds. The van der Waals surface area contributed by atoms with Crippen molar-refractivity contribution in [3.63, 3.8) is 0 Å². The van der Waals surface area contributed by atoms with Gasteiger partial charge in [0.25, 0.3) is 11.5 Å². The van der Waals surface area contributed by atoms with Crippen LogP contribution in [0.2, 0.25) is 0 Å². The summed E-state index contributed by atoms with van der Waals surface area (Å²) in [7, 11) is 0. The van der Waals surface area contributed by atoms with Gasteiger partial charge in [-0.2, -0.15) is 0 Å². The van der Waals surface area contributed by atoms with E-state index in [0.29, 0.717) is 12.6 Å². The van der Waals surface area contributed by atoms with Gasteiger partial charge in [0.2, 0.25) is 0 Å². The predicted molar refractivity (Wildman–Crippen MR) is 72.8 cm³/mol. The highest BCUT2D eigenvalue weighted by molar-refractivity contribution is 5.92. The molecule has 2 fully saturated rings. The molecule has 0 radical (unpaired) electrons.